The molecular weight excluding hydrogens is 506 g/mol. The maximum absolute atomic E-state index is 12.9. The fourth-order valence-electron chi connectivity index (χ4n) is 3.64. The fraction of sp³-hybridized carbons (Fsp3) is 0.0800. The first-order valence-electron chi connectivity index (χ1n) is 10.5. The van der Waals surface area contributed by atoms with Gasteiger partial charge in [0.05, 0.1) is 16.1 Å². The zero-order valence-electron chi connectivity index (χ0n) is 18.3. The van der Waals surface area contributed by atoms with Crippen molar-refractivity contribution in [2.24, 2.45) is 0 Å². The summed E-state index contributed by atoms with van der Waals surface area (Å²) >= 11 is -1.54. The molecule has 35 heavy (non-hydrogen) atoms. The number of aryl methyl sites for hydroxylation is 2. The number of rotatable bonds is 9. The third kappa shape index (κ3) is 5.51. The molecule has 0 radical (unpaired) electrons. The molecule has 0 bridgehead atoms. The minimum atomic E-state index is -3.75. The van der Waals surface area contributed by atoms with E-state index in [1.165, 1.54) is 24.3 Å². The molecule has 4 rings (SSSR count). The van der Waals surface area contributed by atoms with Gasteiger partial charge >= 0.3 is 5.97 Å². The van der Waals surface area contributed by atoms with Gasteiger partial charge < -0.3 is 5.11 Å². The summed E-state index contributed by atoms with van der Waals surface area (Å²) in [6, 6.07) is 24.7. The third-order valence-corrected chi connectivity index (χ3v) is 9.49. The number of sulfone groups is 1. The number of carboxylic acids is 1. The van der Waals surface area contributed by atoms with Crippen molar-refractivity contribution in [1.82, 2.24) is 0 Å². The lowest BCUT2D eigenvalue weighted by Gasteiger charge is -2.19. The van der Waals surface area contributed by atoms with Gasteiger partial charge in [0, 0.05) is 0 Å². The molecule has 0 saturated carbocycles. The van der Waals surface area contributed by atoms with Crippen LogP contribution >= 0.6 is 11.3 Å². The van der Waals surface area contributed by atoms with E-state index in [0.29, 0.717) is 29.1 Å². The highest BCUT2D eigenvalue weighted by Crippen LogP contribution is 2.37. The molecule has 10 heteroatoms. The van der Waals surface area contributed by atoms with E-state index in [2.05, 4.69) is 0 Å². The van der Waals surface area contributed by atoms with Crippen molar-refractivity contribution < 1.29 is 27.1 Å². The minimum absolute atomic E-state index is 0.0654. The molecule has 1 heterocycles. The molecule has 180 valence electrons. The Labute approximate surface area is 209 Å². The lowest BCUT2D eigenvalue weighted by Crippen LogP contribution is -2.18. The number of hydrogen-bond acceptors (Lipinski definition) is 5. The topological polar surface area (TPSA) is 112 Å². The van der Waals surface area contributed by atoms with E-state index < -0.39 is 27.1 Å². The van der Waals surface area contributed by atoms with Crippen molar-refractivity contribution in [2.75, 3.05) is 4.31 Å². The third-order valence-electron chi connectivity index (χ3n) is 5.32. The molecule has 3 aromatic carbocycles. The lowest BCUT2D eigenvalue weighted by atomic mass is 9.99. The molecule has 1 aromatic heterocycles. The van der Waals surface area contributed by atoms with Crippen LogP contribution < -0.4 is 4.31 Å². The van der Waals surface area contributed by atoms with Crippen LogP contribution in [0.3, 0.4) is 0 Å². The van der Waals surface area contributed by atoms with Crippen LogP contribution in [0, 0.1) is 0 Å². The zero-order chi connectivity index (χ0) is 25.0. The first-order valence-corrected chi connectivity index (χ1v) is 13.8. The van der Waals surface area contributed by atoms with E-state index in [9.17, 15) is 27.1 Å². The molecule has 2 N–H and O–H groups in total. The average molecular weight is 528 g/mol. The Hall–Kier alpha value is -3.31. The fourth-order valence-corrected chi connectivity index (χ4v) is 7.10. The van der Waals surface area contributed by atoms with Gasteiger partial charge in [-0.05, 0) is 66.4 Å². The number of hydrogen-bond donors (Lipinski definition) is 2. The predicted octanol–water partition coefficient (Wildman–Crippen LogP) is 5.34. The maximum atomic E-state index is 12.9. The maximum Gasteiger partial charge on any atom is 0.335 e. The summed E-state index contributed by atoms with van der Waals surface area (Å²) < 4.78 is 49.4. The Morgan fingerprint density at radius 3 is 2.31 bits per heavy atom. The van der Waals surface area contributed by atoms with Crippen molar-refractivity contribution in [3.05, 3.63) is 108 Å². The molecule has 7 nitrogen and oxygen atoms in total. The van der Waals surface area contributed by atoms with Gasteiger partial charge in [-0.25, -0.2) is 21.7 Å². The number of anilines is 2. The normalized spacial score (nSPS) is 12.3. The predicted molar refractivity (Wildman–Crippen MR) is 136 cm³/mol. The Balaban J connectivity index is 1.60. The summed E-state index contributed by atoms with van der Waals surface area (Å²) in [6.45, 7) is 0. The summed E-state index contributed by atoms with van der Waals surface area (Å²) in [5.41, 5.74) is 2.20. The van der Waals surface area contributed by atoms with Gasteiger partial charge in [-0.2, -0.15) is 0 Å². The van der Waals surface area contributed by atoms with Crippen molar-refractivity contribution in [3.63, 3.8) is 0 Å². The Morgan fingerprint density at radius 2 is 1.60 bits per heavy atom. The molecule has 0 spiro atoms. The number of aromatic carboxylic acids is 1. The van der Waals surface area contributed by atoms with E-state index in [1.54, 1.807) is 60.7 Å². The van der Waals surface area contributed by atoms with Crippen LogP contribution in [0.2, 0.25) is 0 Å². The number of thiophene rings is 1. The van der Waals surface area contributed by atoms with Crippen LogP contribution in [0.1, 0.15) is 21.5 Å². The van der Waals surface area contributed by atoms with Crippen molar-refractivity contribution in [2.45, 2.75) is 21.9 Å². The Bertz CT molecular complexity index is 1480. The summed E-state index contributed by atoms with van der Waals surface area (Å²) in [7, 11) is -3.75. The van der Waals surface area contributed by atoms with Gasteiger partial charge in [-0.3, -0.25) is 4.55 Å². The molecule has 0 aliphatic carbocycles. The second kappa shape index (κ2) is 10.5. The highest BCUT2D eigenvalue weighted by atomic mass is 32.2. The molecule has 4 aromatic rings. The molecule has 0 amide bonds. The largest absolute Gasteiger partial charge is 0.478 e. The standard InChI is InChI=1S/C25H21NO6S3/c27-25(28)22-12-5-4-8-19(22)14-13-18-7-6-9-20(17-18)26(34(29)30)23-15-16-24(33-23)35(31,32)21-10-2-1-3-11-21/h1-12,15-17H,13-14H2,(H,27,28)(H,29,30). The van der Waals surface area contributed by atoms with Gasteiger partial charge in [-0.1, -0.05) is 48.5 Å². The molecule has 1 atom stereocenters. The number of carboxylic acid groups (broad SMARTS) is 1. The van der Waals surface area contributed by atoms with E-state index in [1.807, 2.05) is 6.07 Å². The van der Waals surface area contributed by atoms with E-state index in [4.69, 9.17) is 0 Å². The number of nitrogens with zero attached hydrogens (tertiary/aromatic N) is 1. The zero-order valence-corrected chi connectivity index (χ0v) is 20.7. The summed E-state index contributed by atoms with van der Waals surface area (Å²) in [5, 5.41) is 9.69. The summed E-state index contributed by atoms with van der Waals surface area (Å²) in [6.07, 6.45) is 0.995. The molecule has 0 saturated heterocycles. The quantitative estimate of drug-likeness (QED) is 0.284. The van der Waals surface area contributed by atoms with E-state index >= 15 is 0 Å². The molecule has 1 unspecified atom stereocenters. The van der Waals surface area contributed by atoms with E-state index in [-0.39, 0.29) is 14.7 Å². The number of benzene rings is 3. The van der Waals surface area contributed by atoms with Crippen LogP contribution in [-0.4, -0.2) is 28.3 Å². The van der Waals surface area contributed by atoms with Gasteiger partial charge in [0.2, 0.25) is 9.84 Å². The average Bonchev–Trinajstić information content (AvgIpc) is 3.34. The monoisotopic (exact) mass is 527 g/mol. The first kappa shape index (κ1) is 24.8. The first-order chi connectivity index (χ1) is 16.8. The highest BCUT2D eigenvalue weighted by Gasteiger charge is 2.24. The highest BCUT2D eigenvalue weighted by molar-refractivity contribution is 7.93. The molecule has 0 fully saturated rings. The molecule has 0 aliphatic heterocycles. The Morgan fingerprint density at radius 1 is 0.886 bits per heavy atom. The van der Waals surface area contributed by atoms with Crippen LogP contribution in [0.15, 0.2) is 100 Å². The van der Waals surface area contributed by atoms with Crippen LogP contribution in [0.4, 0.5) is 10.7 Å². The van der Waals surface area contributed by atoms with Crippen molar-refractivity contribution in [3.8, 4) is 0 Å². The summed E-state index contributed by atoms with van der Waals surface area (Å²) in [5.74, 6) is -0.991. The number of carbonyl (C=O) groups is 1. The van der Waals surface area contributed by atoms with Crippen LogP contribution in [0.25, 0.3) is 0 Å². The molecule has 0 aliphatic rings. The van der Waals surface area contributed by atoms with Crippen molar-refractivity contribution in [1.29, 1.82) is 0 Å². The second-order valence-corrected chi connectivity index (χ2v) is 11.6. The van der Waals surface area contributed by atoms with Gasteiger partial charge in [0.1, 0.15) is 9.21 Å². The van der Waals surface area contributed by atoms with Crippen molar-refractivity contribution >= 4 is 49.1 Å². The molecular formula is C25H21NO6S3. The SMILES string of the molecule is O=C(O)c1ccccc1CCc1cccc(N(c2ccc(S(=O)(=O)c3ccccc3)s2)S(=O)O)c1. The summed E-state index contributed by atoms with van der Waals surface area (Å²) in [4.78, 5) is 11.6. The van der Waals surface area contributed by atoms with Gasteiger partial charge in [-0.15, -0.1) is 11.3 Å². The van der Waals surface area contributed by atoms with Crippen LogP contribution in [0.5, 0.6) is 0 Å². The van der Waals surface area contributed by atoms with Gasteiger partial charge in [0.15, 0.2) is 0 Å². The van der Waals surface area contributed by atoms with E-state index in [0.717, 1.165) is 21.2 Å². The Kier molecular flexibility index (Phi) is 7.46. The smallest absolute Gasteiger partial charge is 0.335 e. The minimum Gasteiger partial charge on any atom is -0.478 e. The lowest BCUT2D eigenvalue weighted by molar-refractivity contribution is 0.0695. The van der Waals surface area contributed by atoms with Gasteiger partial charge in [0.25, 0.3) is 11.3 Å². The second-order valence-electron chi connectivity index (χ2n) is 7.57. The van der Waals surface area contributed by atoms with Crippen LogP contribution in [-0.2, 0) is 33.9 Å².